The molecule has 1 aliphatic heterocycles. The van der Waals surface area contributed by atoms with Gasteiger partial charge >= 0.3 is 0 Å². The quantitative estimate of drug-likeness (QED) is 0.820. The van der Waals surface area contributed by atoms with Crippen LogP contribution in [-0.4, -0.2) is 40.5 Å². The van der Waals surface area contributed by atoms with Gasteiger partial charge in [0.15, 0.2) is 0 Å². The van der Waals surface area contributed by atoms with Crippen molar-refractivity contribution in [1.82, 2.24) is 14.9 Å². The van der Waals surface area contributed by atoms with Gasteiger partial charge in [0.25, 0.3) is 0 Å². The van der Waals surface area contributed by atoms with E-state index >= 15 is 0 Å². The van der Waals surface area contributed by atoms with E-state index in [4.69, 9.17) is 5.26 Å². The van der Waals surface area contributed by atoms with Crippen molar-refractivity contribution in [3.8, 4) is 6.07 Å². The monoisotopic (exact) mass is 259 g/mol. The van der Waals surface area contributed by atoms with E-state index in [1.54, 1.807) is 12.4 Å². The molecule has 1 atom stereocenters. The normalized spacial score (nSPS) is 19.9. The fourth-order valence-corrected chi connectivity index (χ4v) is 2.45. The summed E-state index contributed by atoms with van der Waals surface area (Å²) in [6.07, 6.45) is 8.20. The van der Waals surface area contributed by atoms with Gasteiger partial charge in [-0.25, -0.2) is 9.97 Å². The first-order valence-electron chi connectivity index (χ1n) is 6.99. The topological polar surface area (TPSA) is 64.8 Å². The summed E-state index contributed by atoms with van der Waals surface area (Å²) in [6.45, 7) is 5.55. The summed E-state index contributed by atoms with van der Waals surface area (Å²) in [5, 5.41) is 11.8. The Kier molecular flexibility index (Phi) is 5.10. The minimum Gasteiger partial charge on any atom is -0.354 e. The molecule has 0 aliphatic carbocycles. The van der Waals surface area contributed by atoms with Gasteiger partial charge in [-0.3, -0.25) is 0 Å². The van der Waals surface area contributed by atoms with Crippen molar-refractivity contribution in [3.63, 3.8) is 0 Å². The van der Waals surface area contributed by atoms with Gasteiger partial charge in [-0.15, -0.1) is 0 Å². The summed E-state index contributed by atoms with van der Waals surface area (Å²) in [7, 11) is 0. The fraction of sp³-hybridized carbons (Fsp3) is 0.643. The fourth-order valence-electron chi connectivity index (χ4n) is 2.45. The Hall–Kier alpha value is -1.67. The molecular weight excluding hydrogens is 238 g/mol. The maximum absolute atomic E-state index is 8.66. The van der Waals surface area contributed by atoms with Crippen molar-refractivity contribution in [2.24, 2.45) is 0 Å². The van der Waals surface area contributed by atoms with E-state index in [9.17, 15) is 0 Å². The summed E-state index contributed by atoms with van der Waals surface area (Å²) >= 11 is 0. The van der Waals surface area contributed by atoms with Crippen LogP contribution in [-0.2, 0) is 0 Å². The van der Waals surface area contributed by atoms with Crippen LogP contribution in [0.15, 0.2) is 12.4 Å². The highest BCUT2D eigenvalue weighted by atomic mass is 15.2. The van der Waals surface area contributed by atoms with Crippen molar-refractivity contribution in [1.29, 1.82) is 5.26 Å². The van der Waals surface area contributed by atoms with Crippen molar-refractivity contribution in [2.45, 2.75) is 38.6 Å². The lowest BCUT2D eigenvalue weighted by atomic mass is 10.0. The van der Waals surface area contributed by atoms with Crippen LogP contribution in [0.5, 0.6) is 0 Å². The van der Waals surface area contributed by atoms with Gasteiger partial charge in [0.1, 0.15) is 6.07 Å². The minimum absolute atomic E-state index is 0.493. The number of nitrogens with zero attached hydrogens (tertiary/aromatic N) is 4. The largest absolute Gasteiger partial charge is 0.354 e. The van der Waals surface area contributed by atoms with Gasteiger partial charge in [0, 0.05) is 19.1 Å². The lowest BCUT2D eigenvalue weighted by Crippen LogP contribution is -2.38. The van der Waals surface area contributed by atoms with Gasteiger partial charge in [0.05, 0.1) is 18.0 Å². The first-order valence-corrected chi connectivity index (χ1v) is 6.99. The first-order chi connectivity index (χ1) is 9.29. The van der Waals surface area contributed by atoms with E-state index in [1.807, 2.05) is 6.07 Å². The first kappa shape index (κ1) is 13.8. The molecule has 0 saturated carbocycles. The molecule has 0 spiro atoms. The van der Waals surface area contributed by atoms with E-state index in [1.165, 1.54) is 25.8 Å². The van der Waals surface area contributed by atoms with Crippen LogP contribution >= 0.6 is 0 Å². The van der Waals surface area contributed by atoms with Gasteiger partial charge in [-0.05, 0) is 32.7 Å². The summed E-state index contributed by atoms with van der Waals surface area (Å²) < 4.78 is 0. The molecule has 0 aromatic carbocycles. The van der Waals surface area contributed by atoms with Crippen LogP contribution in [0.1, 0.15) is 38.2 Å². The molecule has 5 heteroatoms. The van der Waals surface area contributed by atoms with Crippen LogP contribution in [0.4, 0.5) is 5.95 Å². The Morgan fingerprint density at radius 2 is 2.21 bits per heavy atom. The van der Waals surface area contributed by atoms with E-state index < -0.39 is 0 Å². The second-order valence-electron chi connectivity index (χ2n) is 5.07. The molecule has 0 amide bonds. The minimum atomic E-state index is 0.493. The predicted molar refractivity (Wildman–Crippen MR) is 74.7 cm³/mol. The van der Waals surface area contributed by atoms with Gasteiger partial charge < -0.3 is 10.2 Å². The lowest BCUT2D eigenvalue weighted by molar-refractivity contribution is 0.160. The predicted octanol–water partition coefficient (Wildman–Crippen LogP) is 2.02. The highest BCUT2D eigenvalue weighted by Crippen LogP contribution is 2.16. The number of rotatable bonds is 5. The van der Waals surface area contributed by atoms with Crippen LogP contribution < -0.4 is 5.32 Å². The zero-order chi connectivity index (χ0) is 13.5. The second-order valence-corrected chi connectivity index (χ2v) is 5.07. The van der Waals surface area contributed by atoms with Crippen LogP contribution in [0, 0.1) is 11.3 Å². The highest BCUT2D eigenvalue weighted by Gasteiger charge is 2.16. The molecule has 102 valence electrons. The van der Waals surface area contributed by atoms with Crippen LogP contribution in [0.2, 0.25) is 0 Å². The smallest absolute Gasteiger partial charge is 0.222 e. The molecular formula is C14H21N5. The van der Waals surface area contributed by atoms with Crippen LogP contribution in [0.25, 0.3) is 0 Å². The third kappa shape index (κ3) is 4.18. The molecule has 2 heterocycles. The molecule has 5 nitrogen and oxygen atoms in total. The number of likely N-dealkylation sites (tertiary alicyclic amines) is 1. The maximum Gasteiger partial charge on any atom is 0.222 e. The molecule has 1 saturated heterocycles. The lowest BCUT2D eigenvalue weighted by Gasteiger charge is -2.33. The SMILES string of the molecule is CC1CCCCN1CCCNc1ncc(C#N)cn1. The maximum atomic E-state index is 8.66. The van der Waals surface area contributed by atoms with E-state index in [-0.39, 0.29) is 0 Å². The third-order valence-corrected chi connectivity index (χ3v) is 3.63. The van der Waals surface area contributed by atoms with E-state index in [0.717, 1.165) is 25.6 Å². The number of nitriles is 1. The Labute approximate surface area is 114 Å². The average molecular weight is 259 g/mol. The summed E-state index contributed by atoms with van der Waals surface area (Å²) in [4.78, 5) is 10.7. The molecule has 1 aromatic rings. The zero-order valence-corrected chi connectivity index (χ0v) is 11.5. The van der Waals surface area contributed by atoms with Gasteiger partial charge in [-0.1, -0.05) is 6.42 Å². The number of hydrogen-bond acceptors (Lipinski definition) is 5. The molecule has 2 rings (SSSR count). The Balaban J connectivity index is 1.67. The molecule has 1 unspecified atom stereocenters. The molecule has 1 aliphatic rings. The summed E-state index contributed by atoms with van der Waals surface area (Å²) in [5.41, 5.74) is 0.493. The molecule has 1 aromatic heterocycles. The van der Waals surface area contributed by atoms with Crippen molar-refractivity contribution in [2.75, 3.05) is 25.0 Å². The van der Waals surface area contributed by atoms with E-state index in [0.29, 0.717) is 11.5 Å². The molecule has 19 heavy (non-hydrogen) atoms. The standard InChI is InChI=1S/C14H21N5/c1-12-5-2-3-7-19(12)8-4-6-16-14-17-10-13(9-15)11-18-14/h10-12H,2-8H2,1H3,(H,16,17,18). The highest BCUT2D eigenvalue weighted by molar-refractivity contribution is 5.29. The number of nitrogens with one attached hydrogen (secondary N) is 1. The second kappa shape index (κ2) is 7.05. The van der Waals surface area contributed by atoms with E-state index in [2.05, 4.69) is 27.1 Å². The number of piperidine rings is 1. The molecule has 0 radical (unpaired) electrons. The van der Waals surface area contributed by atoms with Crippen molar-refractivity contribution < 1.29 is 0 Å². The summed E-state index contributed by atoms with van der Waals surface area (Å²) in [5.74, 6) is 0.602. The zero-order valence-electron chi connectivity index (χ0n) is 11.5. The number of aromatic nitrogens is 2. The summed E-state index contributed by atoms with van der Waals surface area (Å²) in [6, 6.07) is 2.73. The Bertz CT molecular complexity index is 422. The molecule has 1 fully saturated rings. The Morgan fingerprint density at radius 3 is 2.89 bits per heavy atom. The number of anilines is 1. The third-order valence-electron chi connectivity index (χ3n) is 3.63. The van der Waals surface area contributed by atoms with Crippen molar-refractivity contribution in [3.05, 3.63) is 18.0 Å². The number of hydrogen-bond donors (Lipinski definition) is 1. The molecule has 0 bridgehead atoms. The van der Waals surface area contributed by atoms with Gasteiger partial charge in [-0.2, -0.15) is 5.26 Å². The van der Waals surface area contributed by atoms with Crippen molar-refractivity contribution >= 4 is 5.95 Å². The molecule has 1 N–H and O–H groups in total. The van der Waals surface area contributed by atoms with Crippen LogP contribution in [0.3, 0.4) is 0 Å². The van der Waals surface area contributed by atoms with Gasteiger partial charge in [0.2, 0.25) is 5.95 Å². The Morgan fingerprint density at radius 1 is 1.42 bits per heavy atom. The average Bonchev–Trinajstić information content (AvgIpc) is 2.46.